The highest BCUT2D eigenvalue weighted by molar-refractivity contribution is 5.89. The Kier molecular flexibility index (Phi) is 7.37. The second-order valence-corrected chi connectivity index (χ2v) is 5.97. The van der Waals surface area contributed by atoms with Gasteiger partial charge in [0.2, 0.25) is 5.91 Å². The van der Waals surface area contributed by atoms with Crippen molar-refractivity contribution in [1.29, 1.82) is 0 Å². The molecule has 0 aliphatic heterocycles. The van der Waals surface area contributed by atoms with Gasteiger partial charge in [0, 0.05) is 12.8 Å². The van der Waals surface area contributed by atoms with E-state index < -0.39 is 30.1 Å². The molecule has 2 rings (SSSR count). The lowest BCUT2D eigenvalue weighted by molar-refractivity contribution is -0.142. The first-order valence-corrected chi connectivity index (χ1v) is 8.45. The number of aliphatic carboxylic acids is 1. The summed E-state index contributed by atoms with van der Waals surface area (Å²) in [7, 11) is 1.20. The first-order valence-electron chi connectivity index (χ1n) is 8.45. The van der Waals surface area contributed by atoms with Gasteiger partial charge in [0.25, 0.3) is 0 Å². The summed E-state index contributed by atoms with van der Waals surface area (Å²) in [5.74, 6) is -1.74. The van der Waals surface area contributed by atoms with E-state index in [1.54, 1.807) is 24.3 Å². The predicted molar refractivity (Wildman–Crippen MR) is 99.2 cm³/mol. The van der Waals surface area contributed by atoms with Crippen molar-refractivity contribution in [2.24, 2.45) is 0 Å². The number of hydrogen-bond acceptors (Lipinski definition) is 4. The van der Waals surface area contributed by atoms with Crippen LogP contribution in [-0.4, -0.2) is 42.3 Å². The third kappa shape index (κ3) is 6.47. The molecule has 0 bridgehead atoms. The van der Waals surface area contributed by atoms with Gasteiger partial charge < -0.3 is 20.5 Å². The van der Waals surface area contributed by atoms with E-state index in [9.17, 15) is 19.5 Å². The number of carboxylic acid groups (broad SMARTS) is 1. The van der Waals surface area contributed by atoms with Crippen LogP contribution in [0.25, 0.3) is 0 Å². The molecule has 0 radical (unpaired) electrons. The minimum absolute atomic E-state index is 0.137. The molecule has 0 saturated carbocycles. The Morgan fingerprint density at radius 2 is 1.33 bits per heavy atom. The largest absolute Gasteiger partial charge is 0.480 e. The zero-order chi connectivity index (χ0) is 19.6. The van der Waals surface area contributed by atoms with Crippen LogP contribution in [0.2, 0.25) is 0 Å². The highest BCUT2D eigenvalue weighted by atomic mass is 16.5. The molecule has 7 heteroatoms. The Bertz CT molecular complexity index is 764. The summed E-state index contributed by atoms with van der Waals surface area (Å²) in [5.41, 5.74) is 1.61. The summed E-state index contributed by atoms with van der Waals surface area (Å²) in [6.07, 6.45) is -0.418. The maximum atomic E-state index is 12.7. The lowest BCUT2D eigenvalue weighted by Crippen LogP contribution is -2.53. The molecule has 7 nitrogen and oxygen atoms in total. The Morgan fingerprint density at radius 1 is 0.852 bits per heavy atom. The Hall–Kier alpha value is -3.35. The van der Waals surface area contributed by atoms with Crippen molar-refractivity contribution in [1.82, 2.24) is 10.6 Å². The van der Waals surface area contributed by atoms with Crippen LogP contribution in [-0.2, 0) is 27.2 Å². The van der Waals surface area contributed by atoms with Crippen LogP contribution in [0.15, 0.2) is 60.7 Å². The van der Waals surface area contributed by atoms with Crippen molar-refractivity contribution in [2.45, 2.75) is 24.9 Å². The SMILES string of the molecule is COC(=O)NC(Cc1ccccc1)C(=O)NC(Cc1ccccc1)C(=O)O. The Labute approximate surface area is 157 Å². The van der Waals surface area contributed by atoms with Crippen LogP contribution in [0.1, 0.15) is 11.1 Å². The number of nitrogens with one attached hydrogen (secondary N) is 2. The van der Waals surface area contributed by atoms with Gasteiger partial charge in [-0.3, -0.25) is 4.79 Å². The number of alkyl carbamates (subject to hydrolysis) is 1. The monoisotopic (exact) mass is 370 g/mol. The summed E-state index contributed by atoms with van der Waals surface area (Å²) >= 11 is 0. The highest BCUT2D eigenvalue weighted by Crippen LogP contribution is 2.07. The molecule has 0 aliphatic rings. The van der Waals surface area contributed by atoms with Crippen molar-refractivity contribution >= 4 is 18.0 Å². The topological polar surface area (TPSA) is 105 Å². The van der Waals surface area contributed by atoms with Gasteiger partial charge in [-0.15, -0.1) is 0 Å². The molecule has 2 aromatic rings. The summed E-state index contributed by atoms with van der Waals surface area (Å²) < 4.78 is 4.57. The van der Waals surface area contributed by atoms with E-state index in [-0.39, 0.29) is 12.8 Å². The lowest BCUT2D eigenvalue weighted by atomic mass is 10.0. The van der Waals surface area contributed by atoms with Crippen LogP contribution in [0, 0.1) is 0 Å². The molecule has 27 heavy (non-hydrogen) atoms. The van der Waals surface area contributed by atoms with Crippen LogP contribution in [0.5, 0.6) is 0 Å². The van der Waals surface area contributed by atoms with E-state index in [1.165, 1.54) is 7.11 Å². The van der Waals surface area contributed by atoms with Gasteiger partial charge in [0.1, 0.15) is 12.1 Å². The van der Waals surface area contributed by atoms with E-state index in [1.807, 2.05) is 36.4 Å². The molecule has 0 heterocycles. The van der Waals surface area contributed by atoms with Gasteiger partial charge in [0.05, 0.1) is 7.11 Å². The van der Waals surface area contributed by atoms with Crippen molar-refractivity contribution in [3.63, 3.8) is 0 Å². The molecule has 0 saturated heterocycles. The third-order valence-corrected chi connectivity index (χ3v) is 3.97. The third-order valence-electron chi connectivity index (χ3n) is 3.97. The van der Waals surface area contributed by atoms with E-state index in [4.69, 9.17) is 0 Å². The van der Waals surface area contributed by atoms with E-state index in [2.05, 4.69) is 15.4 Å². The van der Waals surface area contributed by atoms with Gasteiger partial charge in [-0.2, -0.15) is 0 Å². The molecule has 2 unspecified atom stereocenters. The summed E-state index contributed by atoms with van der Waals surface area (Å²) in [5, 5.41) is 14.4. The number of carbonyl (C=O) groups excluding carboxylic acids is 2. The van der Waals surface area contributed by atoms with Crippen molar-refractivity contribution in [3.05, 3.63) is 71.8 Å². The first-order chi connectivity index (χ1) is 13.0. The van der Waals surface area contributed by atoms with Gasteiger partial charge in [-0.1, -0.05) is 60.7 Å². The number of carbonyl (C=O) groups is 3. The van der Waals surface area contributed by atoms with Crippen LogP contribution < -0.4 is 10.6 Å². The molecular weight excluding hydrogens is 348 g/mol. The van der Waals surface area contributed by atoms with E-state index in [0.29, 0.717) is 0 Å². The maximum Gasteiger partial charge on any atom is 0.407 e. The van der Waals surface area contributed by atoms with Crippen molar-refractivity contribution in [2.75, 3.05) is 7.11 Å². The van der Waals surface area contributed by atoms with Gasteiger partial charge in [-0.05, 0) is 11.1 Å². The zero-order valence-corrected chi connectivity index (χ0v) is 14.9. The predicted octanol–water partition coefficient (Wildman–Crippen LogP) is 1.77. The molecular formula is C20H22N2O5. The molecule has 2 aromatic carbocycles. The molecule has 3 N–H and O–H groups in total. The second kappa shape index (κ2) is 9.96. The maximum absolute atomic E-state index is 12.7. The minimum atomic E-state index is -1.15. The van der Waals surface area contributed by atoms with Crippen LogP contribution >= 0.6 is 0 Å². The Morgan fingerprint density at radius 3 is 1.78 bits per heavy atom. The number of rotatable bonds is 8. The normalized spacial score (nSPS) is 12.5. The van der Waals surface area contributed by atoms with Crippen LogP contribution in [0.3, 0.4) is 0 Å². The fraction of sp³-hybridized carbons (Fsp3) is 0.250. The number of hydrogen-bond donors (Lipinski definition) is 3. The number of benzene rings is 2. The van der Waals surface area contributed by atoms with E-state index in [0.717, 1.165) is 11.1 Å². The summed E-state index contributed by atoms with van der Waals surface area (Å²) in [6.45, 7) is 0. The Balaban J connectivity index is 2.11. The molecule has 0 aromatic heterocycles. The number of amides is 2. The average Bonchev–Trinajstić information content (AvgIpc) is 2.68. The summed E-state index contributed by atoms with van der Waals surface area (Å²) in [4.78, 5) is 35.8. The van der Waals surface area contributed by atoms with Crippen LogP contribution in [0.4, 0.5) is 4.79 Å². The van der Waals surface area contributed by atoms with E-state index >= 15 is 0 Å². The lowest BCUT2D eigenvalue weighted by Gasteiger charge is -2.21. The van der Waals surface area contributed by atoms with Gasteiger partial charge in [0.15, 0.2) is 0 Å². The molecule has 0 spiro atoms. The number of methoxy groups -OCH3 is 1. The number of ether oxygens (including phenoxy) is 1. The smallest absolute Gasteiger partial charge is 0.407 e. The first kappa shape index (κ1) is 20.0. The fourth-order valence-electron chi connectivity index (χ4n) is 2.58. The molecule has 2 atom stereocenters. The average molecular weight is 370 g/mol. The second-order valence-electron chi connectivity index (χ2n) is 5.97. The molecule has 2 amide bonds. The van der Waals surface area contributed by atoms with Gasteiger partial charge in [-0.25, -0.2) is 9.59 Å². The number of carboxylic acids is 1. The standard InChI is InChI=1S/C20H22N2O5/c1-27-20(26)22-16(12-14-8-4-2-5-9-14)18(23)21-17(19(24)25)13-15-10-6-3-7-11-15/h2-11,16-17H,12-13H2,1H3,(H,21,23)(H,22,26)(H,24,25). The highest BCUT2D eigenvalue weighted by Gasteiger charge is 2.27. The quantitative estimate of drug-likeness (QED) is 0.657. The molecule has 0 aliphatic carbocycles. The fourth-order valence-corrected chi connectivity index (χ4v) is 2.58. The molecule has 0 fully saturated rings. The minimum Gasteiger partial charge on any atom is -0.480 e. The van der Waals surface area contributed by atoms with Crippen molar-refractivity contribution < 1.29 is 24.2 Å². The molecule has 142 valence electrons. The van der Waals surface area contributed by atoms with Gasteiger partial charge >= 0.3 is 12.1 Å². The zero-order valence-electron chi connectivity index (χ0n) is 14.9. The van der Waals surface area contributed by atoms with Crippen molar-refractivity contribution in [3.8, 4) is 0 Å². The summed E-state index contributed by atoms with van der Waals surface area (Å²) in [6, 6.07) is 16.0.